The Morgan fingerprint density at radius 2 is 1.69 bits per heavy atom. The highest BCUT2D eigenvalue weighted by Gasteiger charge is 2.53. The summed E-state index contributed by atoms with van der Waals surface area (Å²) in [7, 11) is 0. The van der Waals surface area contributed by atoms with Crippen molar-refractivity contribution >= 4 is 0 Å². The Bertz CT molecular complexity index is 1540. The molecule has 1 aliphatic heterocycles. The SMILES string of the molecule is CC(C)[C@@H](C)/C=C/[C@@H](C)[C@H]1CCC2C(C3C=C4C[C@@H](O)CCC4(C)n4c(=O)n(-c5ccccc5)c(=O)n43)=CCC[C@@]21C. The van der Waals surface area contributed by atoms with E-state index < -0.39 is 11.6 Å². The van der Waals surface area contributed by atoms with Gasteiger partial charge in [-0.15, -0.1) is 0 Å². The van der Waals surface area contributed by atoms with Gasteiger partial charge in [-0.05, 0) is 110 Å². The molecule has 3 unspecified atom stereocenters. The van der Waals surface area contributed by atoms with E-state index in [0.29, 0.717) is 54.5 Å². The normalized spacial score (nSPS) is 34.0. The lowest BCUT2D eigenvalue weighted by atomic mass is 9.61. The van der Waals surface area contributed by atoms with Gasteiger partial charge in [-0.1, -0.05) is 77.1 Å². The zero-order valence-corrected chi connectivity index (χ0v) is 26.3. The molecule has 6 nitrogen and oxygen atoms in total. The third-order valence-corrected chi connectivity index (χ3v) is 11.8. The van der Waals surface area contributed by atoms with Crippen LogP contribution in [0.4, 0.5) is 0 Å². The van der Waals surface area contributed by atoms with Crippen LogP contribution in [0.5, 0.6) is 0 Å². The van der Waals surface area contributed by atoms with Gasteiger partial charge in [0.25, 0.3) is 0 Å². The molecule has 1 N–H and O–H groups in total. The van der Waals surface area contributed by atoms with E-state index >= 15 is 0 Å². The van der Waals surface area contributed by atoms with Crippen molar-refractivity contribution in [1.29, 1.82) is 0 Å². The molecule has 2 saturated carbocycles. The molecule has 0 amide bonds. The highest BCUT2D eigenvalue weighted by Crippen LogP contribution is 2.60. The van der Waals surface area contributed by atoms with Gasteiger partial charge in [0, 0.05) is 0 Å². The molecule has 2 heterocycles. The average Bonchev–Trinajstić information content (AvgIpc) is 3.45. The number of allylic oxidation sites excluding steroid dienone is 5. The van der Waals surface area contributed by atoms with Gasteiger partial charge in [0.1, 0.15) is 0 Å². The first-order valence-electron chi connectivity index (χ1n) is 16.3. The molecule has 6 rings (SSSR count). The number of para-hydroxylation sites is 1. The van der Waals surface area contributed by atoms with Crippen molar-refractivity contribution < 1.29 is 5.11 Å². The van der Waals surface area contributed by atoms with Crippen molar-refractivity contribution in [2.24, 2.45) is 35.0 Å². The summed E-state index contributed by atoms with van der Waals surface area (Å²) in [5, 5.41) is 10.7. The largest absolute Gasteiger partial charge is 0.393 e. The van der Waals surface area contributed by atoms with Crippen LogP contribution in [0.15, 0.2) is 75.4 Å². The van der Waals surface area contributed by atoms with Crippen molar-refractivity contribution in [2.75, 3.05) is 0 Å². The predicted octanol–water partition coefficient (Wildman–Crippen LogP) is 6.78. The van der Waals surface area contributed by atoms with Gasteiger partial charge in [-0.25, -0.2) is 23.5 Å². The van der Waals surface area contributed by atoms with E-state index in [-0.39, 0.29) is 22.8 Å². The van der Waals surface area contributed by atoms with Gasteiger partial charge in [0.15, 0.2) is 0 Å². The number of benzene rings is 1. The minimum Gasteiger partial charge on any atom is -0.393 e. The summed E-state index contributed by atoms with van der Waals surface area (Å²) < 4.78 is 4.88. The second-order valence-corrected chi connectivity index (χ2v) is 14.5. The average molecular weight is 572 g/mol. The van der Waals surface area contributed by atoms with E-state index in [9.17, 15) is 14.7 Å². The molecule has 0 saturated heterocycles. The van der Waals surface area contributed by atoms with Gasteiger partial charge >= 0.3 is 11.4 Å². The van der Waals surface area contributed by atoms with Crippen LogP contribution in [0, 0.1) is 35.0 Å². The van der Waals surface area contributed by atoms with Crippen molar-refractivity contribution in [2.45, 2.75) is 104 Å². The Morgan fingerprint density at radius 3 is 2.40 bits per heavy atom. The van der Waals surface area contributed by atoms with E-state index in [2.05, 4.69) is 65.8 Å². The van der Waals surface area contributed by atoms with E-state index in [4.69, 9.17) is 0 Å². The highest BCUT2D eigenvalue weighted by atomic mass is 16.3. The van der Waals surface area contributed by atoms with Crippen LogP contribution in [0.25, 0.3) is 5.69 Å². The maximum absolute atomic E-state index is 14.3. The van der Waals surface area contributed by atoms with Crippen LogP contribution in [-0.4, -0.2) is 25.1 Å². The van der Waals surface area contributed by atoms with Gasteiger partial charge in [0.05, 0.1) is 23.4 Å². The quantitative estimate of drug-likeness (QED) is 0.389. The molecule has 0 radical (unpaired) electrons. The molecule has 0 spiro atoms. The Kier molecular flexibility index (Phi) is 7.44. The summed E-state index contributed by atoms with van der Waals surface area (Å²) in [6.45, 7) is 13.8. The van der Waals surface area contributed by atoms with Crippen LogP contribution >= 0.6 is 0 Å². The van der Waals surface area contributed by atoms with Crippen LogP contribution in [0.3, 0.4) is 0 Å². The highest BCUT2D eigenvalue weighted by molar-refractivity contribution is 5.36. The molecule has 42 heavy (non-hydrogen) atoms. The van der Waals surface area contributed by atoms with Crippen LogP contribution in [0.2, 0.25) is 0 Å². The number of rotatable bonds is 6. The molecular weight excluding hydrogens is 522 g/mol. The summed E-state index contributed by atoms with van der Waals surface area (Å²) in [5.74, 6) is 2.61. The van der Waals surface area contributed by atoms with Gasteiger partial charge in [-0.2, -0.15) is 0 Å². The third-order valence-electron chi connectivity index (χ3n) is 11.8. The van der Waals surface area contributed by atoms with Crippen LogP contribution < -0.4 is 11.4 Å². The monoisotopic (exact) mass is 571 g/mol. The Hall–Kier alpha value is -2.86. The summed E-state index contributed by atoms with van der Waals surface area (Å²) in [6.07, 6.45) is 15.3. The Morgan fingerprint density at radius 1 is 0.952 bits per heavy atom. The smallest absolute Gasteiger partial charge is 0.352 e. The second kappa shape index (κ2) is 10.7. The molecule has 0 bridgehead atoms. The predicted molar refractivity (Wildman–Crippen MR) is 169 cm³/mol. The first-order chi connectivity index (χ1) is 20.0. The van der Waals surface area contributed by atoms with E-state index in [1.54, 1.807) is 9.36 Å². The van der Waals surface area contributed by atoms with Crippen molar-refractivity contribution in [3.8, 4) is 5.69 Å². The molecule has 2 fully saturated rings. The van der Waals surface area contributed by atoms with Crippen molar-refractivity contribution in [3.63, 3.8) is 0 Å². The molecule has 3 aliphatic carbocycles. The molecule has 2 aromatic rings. The van der Waals surface area contributed by atoms with Gasteiger partial charge in [0.2, 0.25) is 0 Å². The first-order valence-corrected chi connectivity index (χ1v) is 16.3. The number of aliphatic hydroxyl groups is 1. The lowest BCUT2D eigenvalue weighted by Gasteiger charge is -2.48. The number of aromatic nitrogens is 3. The van der Waals surface area contributed by atoms with Crippen LogP contribution in [0.1, 0.15) is 92.5 Å². The minimum absolute atomic E-state index is 0.136. The number of nitrogens with zero attached hydrogens (tertiary/aromatic N) is 3. The molecule has 1 aromatic carbocycles. The standard InChI is InChI=1S/C36H49N3O3/c1-23(2)24(3)14-15-25(4)30-16-17-31-29(13-10-19-35(30,31)5)32-22-26-21-28(40)18-20-36(26,6)39-34(42)37(33(41)38(32)39)27-11-8-7-9-12-27/h7-9,11-15,22-25,28,30-32,40H,10,16-21H2,1-6H3/b15-14+/t24-,25+,28-,30+,31?,32?,35+,36?/m0/s1. The number of hydrogen-bond donors (Lipinski definition) is 1. The molecule has 8 atom stereocenters. The minimum atomic E-state index is -0.630. The maximum Gasteiger partial charge on any atom is 0.352 e. The first kappa shape index (κ1) is 29.2. The lowest BCUT2D eigenvalue weighted by molar-refractivity contribution is 0.0889. The lowest BCUT2D eigenvalue weighted by Crippen LogP contribution is -2.51. The topological polar surface area (TPSA) is 69.2 Å². The van der Waals surface area contributed by atoms with Gasteiger partial charge in [-0.3, -0.25) is 0 Å². The number of aliphatic hydroxyl groups excluding tert-OH is 1. The molecule has 1 aromatic heterocycles. The molecular formula is C36H49N3O3. The van der Waals surface area contributed by atoms with E-state index in [0.717, 1.165) is 24.8 Å². The number of hydrogen-bond acceptors (Lipinski definition) is 3. The summed E-state index contributed by atoms with van der Waals surface area (Å²) >= 11 is 0. The molecule has 4 aliphatic rings. The fraction of sp³-hybridized carbons (Fsp3) is 0.611. The van der Waals surface area contributed by atoms with E-state index in [1.165, 1.54) is 16.6 Å². The zero-order chi connectivity index (χ0) is 30.0. The van der Waals surface area contributed by atoms with Crippen molar-refractivity contribution in [1.82, 2.24) is 13.9 Å². The van der Waals surface area contributed by atoms with E-state index in [1.807, 2.05) is 30.3 Å². The van der Waals surface area contributed by atoms with Crippen molar-refractivity contribution in [3.05, 3.63) is 86.8 Å². The fourth-order valence-corrected chi connectivity index (χ4v) is 8.88. The number of fused-ring (bicyclic) bond motifs is 4. The maximum atomic E-state index is 14.3. The zero-order valence-electron chi connectivity index (χ0n) is 26.3. The third kappa shape index (κ3) is 4.47. The molecule has 6 heteroatoms. The fourth-order valence-electron chi connectivity index (χ4n) is 8.88. The second-order valence-electron chi connectivity index (χ2n) is 14.5. The Labute approximate surface area is 250 Å². The summed E-state index contributed by atoms with van der Waals surface area (Å²) in [5.41, 5.74) is 1.91. The van der Waals surface area contributed by atoms with Crippen LogP contribution in [-0.2, 0) is 5.54 Å². The summed E-state index contributed by atoms with van der Waals surface area (Å²) in [4.78, 5) is 28.5. The summed E-state index contributed by atoms with van der Waals surface area (Å²) in [6, 6.07) is 8.98. The Balaban J connectivity index is 1.44. The van der Waals surface area contributed by atoms with Gasteiger partial charge < -0.3 is 5.11 Å². The molecule has 226 valence electrons.